The molecule has 0 aliphatic carbocycles. The lowest BCUT2D eigenvalue weighted by atomic mass is 9.91. The molecule has 0 radical (unpaired) electrons. The number of hydrogen-bond donors (Lipinski definition) is 0. The average molecular weight is 382 g/mol. The second-order valence-electron chi connectivity index (χ2n) is 6.60. The van der Waals surface area contributed by atoms with Gasteiger partial charge in [0.15, 0.2) is 0 Å². The quantitative estimate of drug-likeness (QED) is 0.765. The summed E-state index contributed by atoms with van der Waals surface area (Å²) in [5.74, 6) is -2.56. The van der Waals surface area contributed by atoms with Crippen LogP contribution in [-0.4, -0.2) is 27.5 Å². The number of nitrogens with zero attached hydrogens (tertiary/aromatic N) is 2. The molecule has 5 nitrogen and oxygen atoms in total. The molecule has 2 aromatic rings. The Bertz CT molecular complexity index is 974. The second-order valence-corrected chi connectivity index (χ2v) is 8.04. The van der Waals surface area contributed by atoms with Gasteiger partial charge in [0.2, 0.25) is 11.8 Å². The number of amides is 3. The summed E-state index contributed by atoms with van der Waals surface area (Å²) in [4.78, 5) is 43.3. The Morgan fingerprint density at radius 3 is 2.41 bits per heavy atom. The molecule has 0 unspecified atom stereocenters. The fourth-order valence-corrected chi connectivity index (χ4v) is 4.56. The fraction of sp³-hybridized carbons (Fsp3) is 0.200. The van der Waals surface area contributed by atoms with Crippen molar-refractivity contribution >= 4 is 40.2 Å². The standard InChI is InChI=1S/C20H15FN2O3S/c1-20(19(26)22-17(27-20)12-5-3-2-4-6-12)15-11-16(24)23(18(15)25)14-9-7-13(21)8-10-14/h2-10,15H,11H2,1H3/t15-,20+/m1/s1. The van der Waals surface area contributed by atoms with Gasteiger partial charge in [-0.1, -0.05) is 42.1 Å². The van der Waals surface area contributed by atoms with Crippen LogP contribution in [0.15, 0.2) is 59.6 Å². The van der Waals surface area contributed by atoms with E-state index in [-0.39, 0.29) is 6.42 Å². The van der Waals surface area contributed by atoms with Gasteiger partial charge >= 0.3 is 0 Å². The van der Waals surface area contributed by atoms with E-state index in [1.807, 2.05) is 30.3 Å². The van der Waals surface area contributed by atoms with Gasteiger partial charge in [-0.2, -0.15) is 0 Å². The molecule has 27 heavy (non-hydrogen) atoms. The highest BCUT2D eigenvalue weighted by Crippen LogP contribution is 2.46. The molecule has 2 heterocycles. The molecule has 0 bridgehead atoms. The van der Waals surface area contributed by atoms with Crippen LogP contribution in [0.2, 0.25) is 0 Å². The second kappa shape index (κ2) is 6.42. The van der Waals surface area contributed by atoms with Crippen molar-refractivity contribution in [2.75, 3.05) is 4.90 Å². The molecular formula is C20H15FN2O3S. The lowest BCUT2D eigenvalue weighted by Crippen LogP contribution is -2.42. The van der Waals surface area contributed by atoms with E-state index in [1.54, 1.807) is 6.92 Å². The Morgan fingerprint density at radius 1 is 1.07 bits per heavy atom. The maximum absolute atomic E-state index is 13.2. The zero-order chi connectivity index (χ0) is 19.2. The van der Waals surface area contributed by atoms with E-state index >= 15 is 0 Å². The summed E-state index contributed by atoms with van der Waals surface area (Å²) in [6.07, 6.45) is -0.0803. The first kappa shape index (κ1) is 17.6. The van der Waals surface area contributed by atoms with Crippen LogP contribution in [0, 0.1) is 11.7 Å². The normalized spacial score (nSPS) is 25.3. The smallest absolute Gasteiger partial charge is 0.263 e. The number of hydrogen-bond acceptors (Lipinski definition) is 4. The summed E-state index contributed by atoms with van der Waals surface area (Å²) in [6.45, 7) is 1.66. The highest BCUT2D eigenvalue weighted by atomic mass is 32.2. The van der Waals surface area contributed by atoms with Crippen molar-refractivity contribution in [3.05, 3.63) is 66.0 Å². The first-order chi connectivity index (χ1) is 12.9. The van der Waals surface area contributed by atoms with Crippen molar-refractivity contribution in [3.8, 4) is 0 Å². The van der Waals surface area contributed by atoms with Crippen LogP contribution in [0.25, 0.3) is 0 Å². The lowest BCUT2D eigenvalue weighted by Gasteiger charge is -2.25. The third-order valence-corrected chi connectivity index (χ3v) is 6.26. The number of carbonyl (C=O) groups excluding carboxylic acids is 3. The number of carbonyl (C=O) groups is 3. The van der Waals surface area contributed by atoms with Crippen LogP contribution in [0.4, 0.5) is 10.1 Å². The number of anilines is 1. The largest absolute Gasteiger partial charge is 0.274 e. The molecule has 1 fully saturated rings. The first-order valence-corrected chi connectivity index (χ1v) is 9.22. The summed E-state index contributed by atoms with van der Waals surface area (Å²) < 4.78 is 12.0. The molecule has 136 valence electrons. The molecule has 2 aliphatic rings. The summed E-state index contributed by atoms with van der Waals surface area (Å²) in [5.41, 5.74) is 1.10. The third kappa shape index (κ3) is 2.88. The topological polar surface area (TPSA) is 66.8 Å². The first-order valence-electron chi connectivity index (χ1n) is 8.40. The fourth-order valence-electron chi connectivity index (χ4n) is 3.32. The van der Waals surface area contributed by atoms with E-state index in [0.717, 1.165) is 10.5 Å². The van der Waals surface area contributed by atoms with E-state index in [9.17, 15) is 18.8 Å². The van der Waals surface area contributed by atoms with Gasteiger partial charge in [-0.15, -0.1) is 0 Å². The van der Waals surface area contributed by atoms with Gasteiger partial charge in [0.05, 0.1) is 11.6 Å². The minimum Gasteiger partial charge on any atom is -0.274 e. The molecular weight excluding hydrogens is 367 g/mol. The average Bonchev–Trinajstić information content (AvgIpc) is 3.14. The molecule has 2 atom stereocenters. The van der Waals surface area contributed by atoms with Crippen molar-refractivity contribution in [1.82, 2.24) is 0 Å². The molecule has 3 amide bonds. The van der Waals surface area contributed by atoms with Crippen LogP contribution in [0.3, 0.4) is 0 Å². The molecule has 1 saturated heterocycles. The van der Waals surface area contributed by atoms with Crippen molar-refractivity contribution in [2.24, 2.45) is 10.9 Å². The third-order valence-electron chi connectivity index (χ3n) is 4.85. The van der Waals surface area contributed by atoms with E-state index in [1.165, 1.54) is 36.0 Å². The van der Waals surface area contributed by atoms with Gasteiger partial charge < -0.3 is 0 Å². The zero-order valence-electron chi connectivity index (χ0n) is 14.4. The Hall–Kier alpha value is -2.80. The molecule has 0 spiro atoms. The number of benzene rings is 2. The Labute approximate surface area is 159 Å². The van der Waals surface area contributed by atoms with E-state index < -0.39 is 34.2 Å². The predicted octanol–water partition coefficient (Wildman–Crippen LogP) is 3.18. The van der Waals surface area contributed by atoms with E-state index in [0.29, 0.717) is 10.7 Å². The van der Waals surface area contributed by atoms with Gasteiger partial charge in [0.1, 0.15) is 15.6 Å². The van der Waals surface area contributed by atoms with Gasteiger partial charge in [-0.3, -0.25) is 19.3 Å². The van der Waals surface area contributed by atoms with Crippen molar-refractivity contribution in [3.63, 3.8) is 0 Å². The minimum atomic E-state index is -1.15. The number of halogens is 1. The van der Waals surface area contributed by atoms with Crippen molar-refractivity contribution in [1.29, 1.82) is 0 Å². The molecule has 2 aromatic carbocycles. The summed E-state index contributed by atoms with van der Waals surface area (Å²) in [7, 11) is 0. The van der Waals surface area contributed by atoms with Crippen LogP contribution >= 0.6 is 11.8 Å². The SMILES string of the molecule is C[C@@]1([C@@H]2CC(=O)N(c3ccc(F)cc3)C2=O)SC(c2ccccc2)=NC1=O. The molecule has 4 rings (SSSR count). The van der Waals surface area contributed by atoms with Gasteiger partial charge in [-0.05, 0) is 31.2 Å². The number of rotatable bonds is 3. The maximum Gasteiger partial charge on any atom is 0.263 e. The van der Waals surface area contributed by atoms with E-state index in [4.69, 9.17) is 0 Å². The molecule has 0 N–H and O–H groups in total. The van der Waals surface area contributed by atoms with Crippen molar-refractivity contribution in [2.45, 2.75) is 18.1 Å². The van der Waals surface area contributed by atoms with Gasteiger partial charge in [-0.25, -0.2) is 9.38 Å². The minimum absolute atomic E-state index is 0.0803. The van der Waals surface area contributed by atoms with Crippen LogP contribution in [0.1, 0.15) is 18.9 Å². The number of imide groups is 1. The Balaban J connectivity index is 1.62. The summed E-state index contributed by atoms with van der Waals surface area (Å²) >= 11 is 1.22. The van der Waals surface area contributed by atoms with Crippen LogP contribution in [0.5, 0.6) is 0 Å². The van der Waals surface area contributed by atoms with Crippen molar-refractivity contribution < 1.29 is 18.8 Å². The summed E-state index contributed by atoms with van der Waals surface area (Å²) in [5, 5.41) is 0.545. The zero-order valence-corrected chi connectivity index (χ0v) is 15.2. The van der Waals surface area contributed by atoms with Crippen LogP contribution in [-0.2, 0) is 14.4 Å². The number of thioether (sulfide) groups is 1. The highest BCUT2D eigenvalue weighted by Gasteiger charge is 2.56. The lowest BCUT2D eigenvalue weighted by molar-refractivity contribution is -0.127. The van der Waals surface area contributed by atoms with Gasteiger partial charge in [0, 0.05) is 12.0 Å². The maximum atomic E-state index is 13.2. The molecule has 0 saturated carbocycles. The monoisotopic (exact) mass is 382 g/mol. The molecule has 7 heteroatoms. The number of aliphatic imine (C=N–C) groups is 1. The Morgan fingerprint density at radius 2 is 1.74 bits per heavy atom. The summed E-state index contributed by atoms with van der Waals surface area (Å²) in [6, 6.07) is 14.4. The molecule has 0 aromatic heterocycles. The van der Waals surface area contributed by atoms with Crippen LogP contribution < -0.4 is 4.90 Å². The predicted molar refractivity (Wildman–Crippen MR) is 101 cm³/mol. The Kier molecular flexibility index (Phi) is 4.19. The highest BCUT2D eigenvalue weighted by molar-refractivity contribution is 8.16. The molecule has 2 aliphatic heterocycles. The van der Waals surface area contributed by atoms with E-state index in [2.05, 4.69) is 4.99 Å². The van der Waals surface area contributed by atoms with Gasteiger partial charge in [0.25, 0.3) is 5.91 Å².